The van der Waals surface area contributed by atoms with Gasteiger partial charge in [-0.2, -0.15) is 0 Å². The van der Waals surface area contributed by atoms with E-state index in [4.69, 9.17) is 4.99 Å². The molecule has 26 heavy (non-hydrogen) atoms. The standard InChI is InChI=1S/C20H43N5.HI/c1-6-21-20(22-14-17-25-16-10-9-13-19(25)5)23-18(4)12-11-15-24(7-2)8-3;/h18-19H,6-17H2,1-5H3,(H2,21,22,23);1H. The quantitative estimate of drug-likeness (QED) is 0.269. The lowest BCUT2D eigenvalue weighted by atomic mass is 10.0. The number of rotatable bonds is 11. The first-order valence-corrected chi connectivity index (χ1v) is 10.6. The molecule has 0 spiro atoms. The summed E-state index contributed by atoms with van der Waals surface area (Å²) in [6, 6.07) is 1.18. The third-order valence-corrected chi connectivity index (χ3v) is 5.33. The molecule has 2 atom stereocenters. The molecule has 0 aliphatic carbocycles. The van der Waals surface area contributed by atoms with Crippen LogP contribution in [0.5, 0.6) is 0 Å². The van der Waals surface area contributed by atoms with Gasteiger partial charge in [0.05, 0.1) is 6.54 Å². The van der Waals surface area contributed by atoms with Gasteiger partial charge in [0.15, 0.2) is 5.96 Å². The first-order chi connectivity index (χ1) is 12.1. The fraction of sp³-hybridized carbons (Fsp3) is 0.950. The molecule has 1 aliphatic rings. The Bertz CT molecular complexity index is 360. The molecule has 0 radical (unpaired) electrons. The van der Waals surface area contributed by atoms with Crippen molar-refractivity contribution >= 4 is 29.9 Å². The normalized spacial score (nSPS) is 19.9. The van der Waals surface area contributed by atoms with Crippen molar-refractivity contribution in [2.45, 2.75) is 78.8 Å². The Kier molecular flexibility index (Phi) is 15.9. The number of nitrogens with one attached hydrogen (secondary N) is 2. The van der Waals surface area contributed by atoms with Gasteiger partial charge in [-0.1, -0.05) is 20.3 Å². The van der Waals surface area contributed by atoms with Crippen molar-refractivity contribution in [3.63, 3.8) is 0 Å². The fourth-order valence-corrected chi connectivity index (χ4v) is 3.57. The number of halogens is 1. The van der Waals surface area contributed by atoms with Gasteiger partial charge in [-0.05, 0) is 72.6 Å². The van der Waals surface area contributed by atoms with Crippen LogP contribution < -0.4 is 10.6 Å². The fourth-order valence-electron chi connectivity index (χ4n) is 3.57. The van der Waals surface area contributed by atoms with Crippen molar-refractivity contribution in [3.05, 3.63) is 0 Å². The van der Waals surface area contributed by atoms with Crippen LogP contribution in [0.3, 0.4) is 0 Å². The van der Waals surface area contributed by atoms with Gasteiger partial charge in [-0.25, -0.2) is 0 Å². The average molecular weight is 482 g/mol. The Morgan fingerprint density at radius 1 is 1.23 bits per heavy atom. The largest absolute Gasteiger partial charge is 0.357 e. The Labute approximate surface area is 179 Å². The second-order valence-electron chi connectivity index (χ2n) is 7.36. The van der Waals surface area contributed by atoms with Crippen molar-refractivity contribution in [1.82, 2.24) is 20.4 Å². The van der Waals surface area contributed by atoms with Crippen LogP contribution in [0.25, 0.3) is 0 Å². The van der Waals surface area contributed by atoms with E-state index >= 15 is 0 Å². The van der Waals surface area contributed by atoms with Crippen molar-refractivity contribution in [3.8, 4) is 0 Å². The van der Waals surface area contributed by atoms with E-state index in [2.05, 4.69) is 55.1 Å². The van der Waals surface area contributed by atoms with Crippen molar-refractivity contribution in [2.24, 2.45) is 4.99 Å². The molecule has 156 valence electrons. The zero-order chi connectivity index (χ0) is 18.5. The summed E-state index contributed by atoms with van der Waals surface area (Å²) in [5.41, 5.74) is 0. The lowest BCUT2D eigenvalue weighted by molar-refractivity contribution is 0.166. The second kappa shape index (κ2) is 15.9. The van der Waals surface area contributed by atoms with Gasteiger partial charge < -0.3 is 15.5 Å². The number of likely N-dealkylation sites (tertiary alicyclic amines) is 1. The molecule has 0 aromatic heterocycles. The summed E-state index contributed by atoms with van der Waals surface area (Å²) in [4.78, 5) is 9.88. The number of hydrogen-bond donors (Lipinski definition) is 2. The minimum Gasteiger partial charge on any atom is -0.357 e. The van der Waals surface area contributed by atoms with E-state index in [0.29, 0.717) is 6.04 Å². The van der Waals surface area contributed by atoms with Crippen LogP contribution in [0.2, 0.25) is 0 Å². The third-order valence-electron chi connectivity index (χ3n) is 5.33. The Balaban J connectivity index is 0.00000625. The maximum Gasteiger partial charge on any atom is 0.191 e. The molecule has 0 saturated carbocycles. The van der Waals surface area contributed by atoms with E-state index < -0.39 is 0 Å². The van der Waals surface area contributed by atoms with E-state index in [1.54, 1.807) is 0 Å². The number of guanidine groups is 1. The van der Waals surface area contributed by atoms with E-state index in [1.165, 1.54) is 45.2 Å². The molecular weight excluding hydrogens is 437 g/mol. The van der Waals surface area contributed by atoms with E-state index in [-0.39, 0.29) is 24.0 Å². The minimum absolute atomic E-state index is 0. The maximum absolute atomic E-state index is 4.80. The van der Waals surface area contributed by atoms with E-state index in [1.807, 2.05) is 0 Å². The molecule has 1 fully saturated rings. The van der Waals surface area contributed by atoms with Gasteiger partial charge in [-0.3, -0.25) is 9.89 Å². The summed E-state index contributed by atoms with van der Waals surface area (Å²) < 4.78 is 0. The maximum atomic E-state index is 4.80. The SMILES string of the molecule is CCNC(=NCCN1CCCCC1C)NC(C)CCCN(CC)CC.I. The van der Waals surface area contributed by atoms with Crippen LogP contribution in [-0.2, 0) is 0 Å². The Morgan fingerprint density at radius 3 is 2.58 bits per heavy atom. The predicted octanol–water partition coefficient (Wildman–Crippen LogP) is 3.54. The summed E-state index contributed by atoms with van der Waals surface area (Å²) >= 11 is 0. The molecule has 1 heterocycles. The van der Waals surface area contributed by atoms with Crippen LogP contribution in [0, 0.1) is 0 Å². The highest BCUT2D eigenvalue weighted by molar-refractivity contribution is 14.0. The minimum atomic E-state index is 0. The Hall–Kier alpha value is -0.0800. The molecule has 0 amide bonds. The highest BCUT2D eigenvalue weighted by atomic mass is 127. The monoisotopic (exact) mass is 481 g/mol. The van der Waals surface area contributed by atoms with Crippen LogP contribution in [-0.4, -0.2) is 73.7 Å². The molecular formula is C20H44IN5. The highest BCUT2D eigenvalue weighted by Crippen LogP contribution is 2.15. The number of hydrogen-bond acceptors (Lipinski definition) is 3. The molecule has 6 heteroatoms. The summed E-state index contributed by atoms with van der Waals surface area (Å²) in [7, 11) is 0. The summed E-state index contributed by atoms with van der Waals surface area (Å²) in [5.74, 6) is 0.975. The summed E-state index contributed by atoms with van der Waals surface area (Å²) in [6.07, 6.45) is 6.49. The highest BCUT2D eigenvalue weighted by Gasteiger charge is 2.17. The molecule has 5 nitrogen and oxygen atoms in total. The van der Waals surface area contributed by atoms with Gasteiger partial charge >= 0.3 is 0 Å². The first-order valence-electron chi connectivity index (χ1n) is 10.6. The van der Waals surface area contributed by atoms with Gasteiger partial charge in [0.25, 0.3) is 0 Å². The van der Waals surface area contributed by atoms with Crippen LogP contribution in [0.1, 0.15) is 66.7 Å². The van der Waals surface area contributed by atoms with Crippen molar-refractivity contribution < 1.29 is 0 Å². The molecule has 2 unspecified atom stereocenters. The summed E-state index contributed by atoms with van der Waals surface area (Å²) in [6.45, 7) is 18.8. The molecule has 1 rings (SSSR count). The topological polar surface area (TPSA) is 42.9 Å². The molecule has 0 bridgehead atoms. The molecule has 1 aliphatic heterocycles. The smallest absolute Gasteiger partial charge is 0.191 e. The Morgan fingerprint density at radius 2 is 1.96 bits per heavy atom. The first kappa shape index (κ1) is 25.9. The number of nitrogens with zero attached hydrogens (tertiary/aromatic N) is 3. The third kappa shape index (κ3) is 10.9. The van der Waals surface area contributed by atoms with Crippen molar-refractivity contribution in [2.75, 3.05) is 45.8 Å². The van der Waals surface area contributed by atoms with Gasteiger partial charge in [-0.15, -0.1) is 24.0 Å². The predicted molar refractivity (Wildman–Crippen MR) is 126 cm³/mol. The second-order valence-corrected chi connectivity index (χ2v) is 7.36. The van der Waals surface area contributed by atoms with Crippen LogP contribution in [0.15, 0.2) is 4.99 Å². The van der Waals surface area contributed by atoms with Gasteiger partial charge in [0.1, 0.15) is 0 Å². The van der Waals surface area contributed by atoms with E-state index in [9.17, 15) is 0 Å². The molecule has 2 N–H and O–H groups in total. The van der Waals surface area contributed by atoms with Gasteiger partial charge in [0.2, 0.25) is 0 Å². The average Bonchev–Trinajstić information content (AvgIpc) is 2.60. The lowest BCUT2D eigenvalue weighted by Gasteiger charge is -2.32. The van der Waals surface area contributed by atoms with E-state index in [0.717, 1.165) is 44.7 Å². The zero-order valence-electron chi connectivity index (χ0n) is 17.9. The van der Waals surface area contributed by atoms with Crippen LogP contribution >= 0.6 is 24.0 Å². The number of aliphatic imine (C=N–C) groups is 1. The van der Waals surface area contributed by atoms with Crippen molar-refractivity contribution in [1.29, 1.82) is 0 Å². The lowest BCUT2D eigenvalue weighted by Crippen LogP contribution is -2.43. The molecule has 0 aromatic carbocycles. The molecule has 1 saturated heterocycles. The van der Waals surface area contributed by atoms with Gasteiger partial charge in [0, 0.05) is 25.2 Å². The summed E-state index contributed by atoms with van der Waals surface area (Å²) in [5, 5.41) is 6.97. The zero-order valence-corrected chi connectivity index (χ0v) is 20.2. The van der Waals surface area contributed by atoms with Crippen LogP contribution in [0.4, 0.5) is 0 Å². The molecule has 0 aromatic rings. The number of piperidine rings is 1.